The highest BCUT2D eigenvalue weighted by Crippen LogP contribution is 2.25. The third-order valence-corrected chi connectivity index (χ3v) is 3.96. The summed E-state index contributed by atoms with van der Waals surface area (Å²) in [6.07, 6.45) is 0. The molecule has 0 bridgehead atoms. The van der Waals surface area contributed by atoms with Crippen LogP contribution >= 0.6 is 23.1 Å². The highest BCUT2D eigenvalue weighted by Gasteiger charge is 2.12. The molecule has 2 rings (SSSR count). The first-order valence-corrected chi connectivity index (χ1v) is 7.21. The second kappa shape index (κ2) is 5.75. The van der Waals surface area contributed by atoms with Gasteiger partial charge in [0.25, 0.3) is 0 Å². The molecule has 0 aliphatic carbocycles. The number of hydrogen-bond acceptors (Lipinski definition) is 5. The first kappa shape index (κ1) is 14.1. The van der Waals surface area contributed by atoms with Crippen LogP contribution < -0.4 is 10.6 Å². The normalized spacial score (nSPS) is 11.0. The van der Waals surface area contributed by atoms with E-state index in [0.29, 0.717) is 18.2 Å². The molecule has 1 aromatic carbocycles. The second-order valence-electron chi connectivity index (χ2n) is 4.80. The summed E-state index contributed by atoms with van der Waals surface area (Å²) in [6, 6.07) is 5.51. The van der Waals surface area contributed by atoms with Crippen LogP contribution in [0.3, 0.4) is 0 Å². The van der Waals surface area contributed by atoms with E-state index in [1.807, 2.05) is 24.1 Å². The third kappa shape index (κ3) is 3.36. The van der Waals surface area contributed by atoms with Crippen LogP contribution in [-0.4, -0.2) is 16.4 Å². The van der Waals surface area contributed by atoms with Gasteiger partial charge in [0.05, 0.1) is 0 Å². The molecule has 0 unspecified atom stereocenters. The molecule has 2 N–H and O–H groups in total. The summed E-state index contributed by atoms with van der Waals surface area (Å²) in [5.74, 6) is 1.22. The second-order valence-corrected chi connectivity index (χ2v) is 5.93. The van der Waals surface area contributed by atoms with Crippen molar-refractivity contribution in [3.05, 3.63) is 34.6 Å². The standard InChI is InChI=1S/C13H17ClN4S/c1-8(2)12-16-13(19-17-12)18(3)7-9-6-10(15)4-5-11(9)14/h4-6,8H,7,15H2,1-3H3. The first-order valence-electron chi connectivity index (χ1n) is 6.06. The maximum absolute atomic E-state index is 6.17. The third-order valence-electron chi connectivity index (χ3n) is 2.75. The molecule has 1 aromatic heterocycles. The highest BCUT2D eigenvalue weighted by molar-refractivity contribution is 7.09. The fourth-order valence-corrected chi connectivity index (χ4v) is 2.60. The molecule has 6 heteroatoms. The van der Waals surface area contributed by atoms with E-state index in [1.165, 1.54) is 11.5 Å². The lowest BCUT2D eigenvalue weighted by molar-refractivity contribution is 0.792. The van der Waals surface area contributed by atoms with Crippen molar-refractivity contribution in [3.63, 3.8) is 0 Å². The minimum Gasteiger partial charge on any atom is -0.399 e. The molecule has 0 aliphatic heterocycles. The van der Waals surface area contributed by atoms with Gasteiger partial charge in [-0.1, -0.05) is 25.4 Å². The number of benzene rings is 1. The maximum atomic E-state index is 6.17. The van der Waals surface area contributed by atoms with Crippen LogP contribution in [0.15, 0.2) is 18.2 Å². The Balaban J connectivity index is 2.15. The number of nitrogens with two attached hydrogens (primary N) is 1. The van der Waals surface area contributed by atoms with Gasteiger partial charge in [-0.25, -0.2) is 4.98 Å². The molecule has 0 aliphatic rings. The van der Waals surface area contributed by atoms with Crippen molar-refractivity contribution in [3.8, 4) is 0 Å². The summed E-state index contributed by atoms with van der Waals surface area (Å²) in [5, 5.41) is 1.61. The van der Waals surface area contributed by atoms with Crippen molar-refractivity contribution in [1.29, 1.82) is 0 Å². The van der Waals surface area contributed by atoms with Crippen molar-refractivity contribution in [2.45, 2.75) is 26.3 Å². The minimum atomic E-state index is 0.342. The number of hydrogen-bond donors (Lipinski definition) is 1. The summed E-state index contributed by atoms with van der Waals surface area (Å²) in [7, 11) is 1.98. The summed E-state index contributed by atoms with van der Waals surface area (Å²) in [4.78, 5) is 6.55. The summed E-state index contributed by atoms with van der Waals surface area (Å²) in [6.45, 7) is 4.83. The summed E-state index contributed by atoms with van der Waals surface area (Å²) in [5.41, 5.74) is 7.49. The lowest BCUT2D eigenvalue weighted by Crippen LogP contribution is -2.16. The van der Waals surface area contributed by atoms with Crippen LogP contribution in [0.1, 0.15) is 31.2 Å². The number of halogens is 1. The molecule has 2 aromatic rings. The molecule has 0 spiro atoms. The summed E-state index contributed by atoms with van der Waals surface area (Å²) >= 11 is 7.57. The Morgan fingerprint density at radius 1 is 1.42 bits per heavy atom. The highest BCUT2D eigenvalue weighted by atomic mass is 35.5. The predicted molar refractivity (Wildman–Crippen MR) is 82.0 cm³/mol. The van der Waals surface area contributed by atoms with E-state index in [1.54, 1.807) is 6.07 Å². The Hall–Kier alpha value is -1.33. The smallest absolute Gasteiger partial charge is 0.205 e. The van der Waals surface area contributed by atoms with Gasteiger partial charge >= 0.3 is 0 Å². The Kier molecular flexibility index (Phi) is 4.27. The molecule has 102 valence electrons. The van der Waals surface area contributed by atoms with Crippen molar-refractivity contribution < 1.29 is 0 Å². The fourth-order valence-electron chi connectivity index (χ4n) is 1.65. The number of nitrogens with zero attached hydrogens (tertiary/aromatic N) is 3. The quantitative estimate of drug-likeness (QED) is 0.877. The maximum Gasteiger partial charge on any atom is 0.205 e. The van der Waals surface area contributed by atoms with Gasteiger partial charge in [0, 0.05) is 41.8 Å². The molecule has 0 radical (unpaired) electrons. The van der Waals surface area contributed by atoms with Crippen LogP contribution in [-0.2, 0) is 6.54 Å². The molecule has 1 heterocycles. The van der Waals surface area contributed by atoms with Crippen LogP contribution in [0.4, 0.5) is 10.8 Å². The van der Waals surface area contributed by atoms with E-state index >= 15 is 0 Å². The number of anilines is 2. The zero-order chi connectivity index (χ0) is 14.0. The Morgan fingerprint density at radius 3 is 2.79 bits per heavy atom. The Bertz CT molecular complexity index is 568. The van der Waals surface area contributed by atoms with Gasteiger partial charge in [-0.3, -0.25) is 0 Å². The van der Waals surface area contributed by atoms with Crippen molar-refractivity contribution in [1.82, 2.24) is 9.36 Å². The molecule has 0 saturated heterocycles. The lowest BCUT2D eigenvalue weighted by atomic mass is 10.2. The fraction of sp³-hybridized carbons (Fsp3) is 0.385. The van der Waals surface area contributed by atoms with Crippen LogP contribution in [0.25, 0.3) is 0 Å². The largest absolute Gasteiger partial charge is 0.399 e. The summed E-state index contributed by atoms with van der Waals surface area (Å²) < 4.78 is 4.35. The zero-order valence-electron chi connectivity index (χ0n) is 11.2. The topological polar surface area (TPSA) is 55.0 Å². The molecular weight excluding hydrogens is 280 g/mol. The minimum absolute atomic E-state index is 0.342. The molecule has 4 nitrogen and oxygen atoms in total. The molecule has 0 fully saturated rings. The van der Waals surface area contributed by atoms with Gasteiger partial charge in [-0.15, -0.1) is 0 Å². The average Bonchev–Trinajstić information content (AvgIpc) is 2.83. The first-order chi connectivity index (χ1) is 8.97. The van der Waals surface area contributed by atoms with Gasteiger partial charge in [0.15, 0.2) is 0 Å². The van der Waals surface area contributed by atoms with Crippen LogP contribution in [0.2, 0.25) is 5.02 Å². The van der Waals surface area contributed by atoms with E-state index in [9.17, 15) is 0 Å². The SMILES string of the molecule is CC(C)c1nsc(N(C)Cc2cc(N)ccc2Cl)n1. The van der Waals surface area contributed by atoms with E-state index in [-0.39, 0.29) is 0 Å². The van der Waals surface area contributed by atoms with E-state index in [0.717, 1.165) is 21.5 Å². The number of nitrogen functional groups attached to an aromatic ring is 1. The molecule has 0 saturated carbocycles. The van der Waals surface area contributed by atoms with Crippen LogP contribution in [0, 0.1) is 0 Å². The van der Waals surface area contributed by atoms with Crippen molar-refractivity contribution in [2.75, 3.05) is 17.7 Å². The van der Waals surface area contributed by atoms with Gasteiger partial charge in [-0.05, 0) is 23.8 Å². The van der Waals surface area contributed by atoms with Gasteiger partial charge in [-0.2, -0.15) is 4.37 Å². The Labute approximate surface area is 122 Å². The molecule has 0 amide bonds. The van der Waals surface area contributed by atoms with Crippen molar-refractivity contribution in [2.24, 2.45) is 0 Å². The molecular formula is C13H17ClN4S. The Morgan fingerprint density at radius 2 is 2.16 bits per heavy atom. The van der Waals surface area contributed by atoms with Crippen LogP contribution in [0.5, 0.6) is 0 Å². The average molecular weight is 297 g/mol. The van der Waals surface area contributed by atoms with Gasteiger partial charge < -0.3 is 10.6 Å². The lowest BCUT2D eigenvalue weighted by Gasteiger charge is -2.16. The monoisotopic (exact) mass is 296 g/mol. The van der Waals surface area contributed by atoms with E-state index in [2.05, 4.69) is 23.2 Å². The van der Waals surface area contributed by atoms with Crippen molar-refractivity contribution >= 4 is 34.0 Å². The van der Waals surface area contributed by atoms with Gasteiger partial charge in [0.2, 0.25) is 5.13 Å². The number of aromatic nitrogens is 2. The number of rotatable bonds is 4. The zero-order valence-corrected chi connectivity index (χ0v) is 12.8. The van der Waals surface area contributed by atoms with Gasteiger partial charge in [0.1, 0.15) is 5.82 Å². The predicted octanol–water partition coefficient (Wildman–Crippen LogP) is 3.53. The van der Waals surface area contributed by atoms with E-state index < -0.39 is 0 Å². The van der Waals surface area contributed by atoms with E-state index in [4.69, 9.17) is 17.3 Å². The molecule has 19 heavy (non-hydrogen) atoms. The molecule has 0 atom stereocenters.